The summed E-state index contributed by atoms with van der Waals surface area (Å²) < 4.78 is 0. The molecule has 2 heterocycles. The predicted molar refractivity (Wildman–Crippen MR) is 71.4 cm³/mol. The minimum Gasteiger partial charge on any atom is -0.481 e. The summed E-state index contributed by atoms with van der Waals surface area (Å²) in [5.74, 6) is -1.47. The van der Waals surface area contributed by atoms with E-state index in [2.05, 4.69) is 0 Å². The van der Waals surface area contributed by atoms with Crippen LogP contribution in [-0.4, -0.2) is 40.0 Å². The summed E-state index contributed by atoms with van der Waals surface area (Å²) in [5.41, 5.74) is -0.208. The van der Waals surface area contributed by atoms with E-state index in [0.717, 1.165) is 5.75 Å². The first-order valence-electron chi connectivity index (χ1n) is 6.18. The van der Waals surface area contributed by atoms with Gasteiger partial charge in [0.15, 0.2) is 5.78 Å². The second kappa shape index (κ2) is 4.67. The number of hydrogen-bond donors (Lipinski definition) is 1. The molecule has 1 fully saturated rings. The normalized spacial score (nSPS) is 23.0. The molecule has 2 aliphatic rings. The Morgan fingerprint density at radius 1 is 1.42 bits per heavy atom. The Hall–Kier alpha value is -1.30. The number of hydrogen-bond acceptors (Lipinski definition) is 4. The van der Waals surface area contributed by atoms with Crippen LogP contribution in [0.25, 0.3) is 0 Å². The Kier molecular flexibility index (Phi) is 3.47. The number of rotatable bonds is 3. The second-order valence-electron chi connectivity index (χ2n) is 5.79. The Balaban J connectivity index is 2.44. The van der Waals surface area contributed by atoms with Gasteiger partial charge in [0.25, 0.3) is 0 Å². The van der Waals surface area contributed by atoms with Crippen molar-refractivity contribution in [2.75, 3.05) is 12.3 Å². The molecular formula is C13H17NO4S. The molecule has 6 heteroatoms. The van der Waals surface area contributed by atoms with Gasteiger partial charge >= 0.3 is 5.97 Å². The van der Waals surface area contributed by atoms with Crippen LogP contribution in [0.5, 0.6) is 0 Å². The van der Waals surface area contributed by atoms with E-state index >= 15 is 0 Å². The topological polar surface area (TPSA) is 74.7 Å². The van der Waals surface area contributed by atoms with E-state index in [4.69, 9.17) is 5.11 Å². The molecule has 5 nitrogen and oxygen atoms in total. The van der Waals surface area contributed by atoms with Gasteiger partial charge in [-0.25, -0.2) is 0 Å². The van der Waals surface area contributed by atoms with Crippen LogP contribution in [0.3, 0.4) is 0 Å². The van der Waals surface area contributed by atoms with Gasteiger partial charge in [0, 0.05) is 23.3 Å². The number of amides is 1. The molecule has 1 N–H and O–H groups in total. The molecule has 104 valence electrons. The van der Waals surface area contributed by atoms with E-state index in [9.17, 15) is 14.4 Å². The zero-order chi connectivity index (χ0) is 14.4. The number of thioether (sulfide) groups is 1. The molecule has 1 amide bonds. The van der Waals surface area contributed by atoms with Gasteiger partial charge in [-0.15, -0.1) is 11.8 Å². The molecule has 2 aliphatic heterocycles. The standard InChI is InChI=1S/C13H17NO4S/c1-13(2,3)10(17)9-7(6-8(15)16)11(18)14-4-5-19-12(9)14/h7H,4-6H2,1-3H3,(H,15,16)/t7-/m0/s1. The summed E-state index contributed by atoms with van der Waals surface area (Å²) in [6.45, 7) is 5.92. The third-order valence-corrected chi connectivity index (χ3v) is 4.35. The predicted octanol–water partition coefficient (Wildman–Crippen LogP) is 1.49. The molecule has 1 atom stereocenters. The van der Waals surface area contributed by atoms with Gasteiger partial charge in [-0.05, 0) is 0 Å². The summed E-state index contributed by atoms with van der Waals surface area (Å²) in [7, 11) is 0. The maximum Gasteiger partial charge on any atom is 0.304 e. The van der Waals surface area contributed by atoms with Crippen LogP contribution in [0.15, 0.2) is 10.6 Å². The molecule has 0 bridgehead atoms. The molecule has 0 unspecified atom stereocenters. The van der Waals surface area contributed by atoms with Gasteiger partial charge in [-0.1, -0.05) is 20.8 Å². The van der Waals surface area contributed by atoms with Crippen molar-refractivity contribution in [3.05, 3.63) is 10.6 Å². The van der Waals surface area contributed by atoms with Crippen molar-refractivity contribution in [3.8, 4) is 0 Å². The Bertz CT molecular complexity index is 489. The molecule has 0 saturated carbocycles. The van der Waals surface area contributed by atoms with Crippen LogP contribution >= 0.6 is 11.8 Å². The maximum absolute atomic E-state index is 12.5. The summed E-state index contributed by atoms with van der Waals surface area (Å²) in [5, 5.41) is 9.62. The van der Waals surface area contributed by atoms with Crippen LogP contribution in [0.2, 0.25) is 0 Å². The first-order chi connectivity index (χ1) is 8.73. The van der Waals surface area contributed by atoms with E-state index in [1.54, 1.807) is 25.7 Å². The van der Waals surface area contributed by atoms with Crippen LogP contribution in [0, 0.1) is 11.3 Å². The molecule has 0 aromatic rings. The Morgan fingerprint density at radius 3 is 2.58 bits per heavy atom. The van der Waals surface area contributed by atoms with Crippen molar-refractivity contribution >= 4 is 29.4 Å². The minimum absolute atomic E-state index is 0.126. The van der Waals surface area contributed by atoms with E-state index in [1.165, 1.54) is 11.8 Å². The van der Waals surface area contributed by atoms with Crippen molar-refractivity contribution in [2.45, 2.75) is 27.2 Å². The number of nitrogens with zero attached hydrogens (tertiary/aromatic N) is 1. The lowest BCUT2D eigenvalue weighted by Crippen LogP contribution is -2.31. The van der Waals surface area contributed by atoms with Crippen molar-refractivity contribution in [1.29, 1.82) is 0 Å². The van der Waals surface area contributed by atoms with Gasteiger partial charge in [0.1, 0.15) is 0 Å². The lowest BCUT2D eigenvalue weighted by molar-refractivity contribution is -0.142. The number of ketones is 1. The zero-order valence-corrected chi connectivity index (χ0v) is 12.0. The highest BCUT2D eigenvalue weighted by Gasteiger charge is 2.47. The van der Waals surface area contributed by atoms with Gasteiger partial charge in [-0.3, -0.25) is 14.4 Å². The second-order valence-corrected chi connectivity index (χ2v) is 6.87. The van der Waals surface area contributed by atoms with Crippen molar-refractivity contribution in [3.63, 3.8) is 0 Å². The number of aliphatic carboxylic acids is 1. The highest BCUT2D eigenvalue weighted by molar-refractivity contribution is 8.03. The molecule has 0 radical (unpaired) electrons. The number of carboxylic acids is 1. The van der Waals surface area contributed by atoms with E-state index in [1.807, 2.05) is 0 Å². The lowest BCUT2D eigenvalue weighted by Gasteiger charge is -2.20. The maximum atomic E-state index is 12.5. The highest BCUT2D eigenvalue weighted by Crippen LogP contribution is 2.44. The largest absolute Gasteiger partial charge is 0.481 e. The van der Waals surface area contributed by atoms with Gasteiger partial charge < -0.3 is 10.0 Å². The summed E-state index contributed by atoms with van der Waals surface area (Å²) in [6.07, 6.45) is -0.309. The van der Waals surface area contributed by atoms with Crippen LogP contribution < -0.4 is 0 Å². The molecular weight excluding hydrogens is 266 g/mol. The molecule has 1 saturated heterocycles. The Labute approximate surface area is 116 Å². The number of carbonyl (C=O) groups excluding carboxylic acids is 2. The third-order valence-electron chi connectivity index (χ3n) is 3.25. The van der Waals surface area contributed by atoms with Crippen molar-refractivity contribution < 1.29 is 19.5 Å². The fourth-order valence-electron chi connectivity index (χ4n) is 2.33. The van der Waals surface area contributed by atoms with E-state index < -0.39 is 17.3 Å². The van der Waals surface area contributed by atoms with Crippen molar-refractivity contribution in [2.24, 2.45) is 11.3 Å². The molecule has 19 heavy (non-hydrogen) atoms. The summed E-state index contributed by atoms with van der Waals surface area (Å²) >= 11 is 1.47. The summed E-state index contributed by atoms with van der Waals surface area (Å²) in [4.78, 5) is 37.2. The highest BCUT2D eigenvalue weighted by atomic mass is 32.2. The van der Waals surface area contributed by atoms with Gasteiger partial charge in [0.05, 0.1) is 17.4 Å². The van der Waals surface area contributed by atoms with E-state index in [0.29, 0.717) is 17.1 Å². The summed E-state index contributed by atoms with van der Waals surface area (Å²) in [6, 6.07) is 0. The number of fused-ring (bicyclic) bond motifs is 1. The fraction of sp³-hybridized carbons (Fsp3) is 0.615. The van der Waals surface area contributed by atoms with Crippen LogP contribution in [0.1, 0.15) is 27.2 Å². The van der Waals surface area contributed by atoms with Crippen LogP contribution in [0.4, 0.5) is 0 Å². The first kappa shape index (κ1) is 14.1. The molecule has 0 aromatic carbocycles. The SMILES string of the molecule is CC(C)(C)C(=O)C1=C2SCCN2C(=O)[C@H]1CC(=O)O. The molecule has 0 spiro atoms. The van der Waals surface area contributed by atoms with E-state index in [-0.39, 0.29) is 18.1 Å². The minimum atomic E-state index is -1.05. The molecule has 0 aromatic heterocycles. The Morgan fingerprint density at radius 2 is 2.05 bits per heavy atom. The quantitative estimate of drug-likeness (QED) is 0.849. The smallest absolute Gasteiger partial charge is 0.304 e. The molecule has 0 aliphatic carbocycles. The number of carbonyl (C=O) groups is 3. The first-order valence-corrected chi connectivity index (χ1v) is 7.17. The lowest BCUT2D eigenvalue weighted by atomic mass is 9.81. The third kappa shape index (κ3) is 2.41. The van der Waals surface area contributed by atoms with Crippen LogP contribution in [-0.2, 0) is 14.4 Å². The zero-order valence-electron chi connectivity index (χ0n) is 11.2. The average Bonchev–Trinajstić information content (AvgIpc) is 2.81. The number of carboxylic acid groups (broad SMARTS) is 1. The van der Waals surface area contributed by atoms with Crippen molar-refractivity contribution in [1.82, 2.24) is 4.90 Å². The average molecular weight is 283 g/mol. The fourth-order valence-corrected chi connectivity index (χ4v) is 3.53. The number of Topliss-reactive ketones (excluding diaryl/α,β-unsaturated/α-hetero) is 1. The van der Waals surface area contributed by atoms with Gasteiger partial charge in [-0.2, -0.15) is 0 Å². The molecule has 2 rings (SSSR count). The van der Waals surface area contributed by atoms with Gasteiger partial charge in [0.2, 0.25) is 5.91 Å². The monoisotopic (exact) mass is 283 g/mol.